The molecule has 0 aliphatic carbocycles. The van der Waals surface area contributed by atoms with Crippen LogP contribution in [-0.2, 0) is 14.9 Å². The molecule has 0 saturated heterocycles. The first-order valence-corrected chi connectivity index (χ1v) is 6.76. The van der Waals surface area contributed by atoms with Crippen molar-refractivity contribution >= 4 is 16.1 Å². The molecule has 0 amide bonds. The van der Waals surface area contributed by atoms with Gasteiger partial charge in [-0.25, -0.2) is 0 Å². The van der Waals surface area contributed by atoms with Crippen molar-refractivity contribution in [3.63, 3.8) is 0 Å². The average molecular weight is 270 g/mol. The molecule has 0 saturated carbocycles. The third-order valence-corrected chi connectivity index (χ3v) is 3.01. The van der Waals surface area contributed by atoms with E-state index >= 15 is 0 Å². The zero-order valence-corrected chi connectivity index (χ0v) is 10.5. The Morgan fingerprint density at radius 2 is 1.94 bits per heavy atom. The van der Waals surface area contributed by atoms with E-state index in [0.29, 0.717) is 6.42 Å². The standard InChI is InChI=1S/C12H14O5S/c1-2-3-4-5-12(13)17-10-6-8-11(9-7-10)18(14,15)16/h2,6-9H,1,3-5H2,(H,14,15,16). The lowest BCUT2D eigenvalue weighted by molar-refractivity contribution is -0.134. The van der Waals surface area contributed by atoms with Crippen molar-refractivity contribution in [1.29, 1.82) is 0 Å². The number of hydrogen-bond acceptors (Lipinski definition) is 4. The van der Waals surface area contributed by atoms with E-state index in [-0.39, 0.29) is 17.1 Å². The van der Waals surface area contributed by atoms with Gasteiger partial charge in [0.05, 0.1) is 4.90 Å². The van der Waals surface area contributed by atoms with Gasteiger partial charge in [0.2, 0.25) is 0 Å². The van der Waals surface area contributed by atoms with Crippen LogP contribution >= 0.6 is 0 Å². The molecule has 5 nitrogen and oxygen atoms in total. The van der Waals surface area contributed by atoms with Crippen LogP contribution in [0.5, 0.6) is 5.75 Å². The minimum absolute atomic E-state index is 0.242. The van der Waals surface area contributed by atoms with Crippen molar-refractivity contribution < 1.29 is 22.5 Å². The molecule has 0 aromatic heterocycles. The van der Waals surface area contributed by atoms with E-state index in [0.717, 1.165) is 6.42 Å². The summed E-state index contributed by atoms with van der Waals surface area (Å²) < 4.78 is 35.3. The maximum Gasteiger partial charge on any atom is 0.311 e. The molecular weight excluding hydrogens is 256 g/mol. The van der Waals surface area contributed by atoms with Crippen LogP contribution in [0.4, 0.5) is 0 Å². The molecule has 1 aromatic rings. The van der Waals surface area contributed by atoms with Crippen molar-refractivity contribution in [3.05, 3.63) is 36.9 Å². The zero-order valence-electron chi connectivity index (χ0n) is 9.70. The first-order valence-electron chi connectivity index (χ1n) is 5.32. The normalized spacial score (nSPS) is 10.9. The van der Waals surface area contributed by atoms with Gasteiger partial charge in [-0.15, -0.1) is 6.58 Å². The van der Waals surface area contributed by atoms with Crippen LogP contribution < -0.4 is 4.74 Å². The van der Waals surface area contributed by atoms with Gasteiger partial charge < -0.3 is 4.74 Å². The third-order valence-electron chi connectivity index (χ3n) is 2.14. The number of unbranched alkanes of at least 4 members (excludes halogenated alkanes) is 1. The molecule has 18 heavy (non-hydrogen) atoms. The van der Waals surface area contributed by atoms with Crippen LogP contribution in [0, 0.1) is 0 Å². The molecule has 0 aliphatic rings. The predicted octanol–water partition coefficient (Wildman–Crippen LogP) is 2.20. The number of allylic oxidation sites excluding steroid dienone is 1. The number of rotatable bonds is 6. The highest BCUT2D eigenvalue weighted by molar-refractivity contribution is 7.85. The summed E-state index contributed by atoms with van der Waals surface area (Å²) in [5.74, 6) is -0.151. The van der Waals surface area contributed by atoms with E-state index in [1.165, 1.54) is 24.3 Å². The van der Waals surface area contributed by atoms with Crippen molar-refractivity contribution in [3.8, 4) is 5.75 Å². The third kappa shape index (κ3) is 4.68. The Bertz CT molecular complexity index is 516. The van der Waals surface area contributed by atoms with Gasteiger partial charge in [0.1, 0.15) is 5.75 Å². The van der Waals surface area contributed by atoms with Crippen LogP contribution in [-0.4, -0.2) is 18.9 Å². The zero-order chi connectivity index (χ0) is 13.6. The second kappa shape index (κ2) is 6.32. The maximum atomic E-state index is 11.3. The van der Waals surface area contributed by atoms with Crippen LogP contribution in [0.3, 0.4) is 0 Å². The van der Waals surface area contributed by atoms with Crippen molar-refractivity contribution in [1.82, 2.24) is 0 Å². The Kier molecular flexibility index (Phi) is 5.06. The van der Waals surface area contributed by atoms with Crippen molar-refractivity contribution in [2.45, 2.75) is 24.2 Å². The van der Waals surface area contributed by atoms with Gasteiger partial charge in [-0.3, -0.25) is 9.35 Å². The molecule has 0 radical (unpaired) electrons. The van der Waals surface area contributed by atoms with Crippen LogP contribution in [0.15, 0.2) is 41.8 Å². The van der Waals surface area contributed by atoms with Crippen LogP contribution in [0.1, 0.15) is 19.3 Å². The Hall–Kier alpha value is -1.66. The molecule has 0 heterocycles. The fraction of sp³-hybridized carbons (Fsp3) is 0.250. The van der Waals surface area contributed by atoms with Crippen molar-refractivity contribution in [2.75, 3.05) is 0 Å². The summed E-state index contributed by atoms with van der Waals surface area (Å²) in [5.41, 5.74) is 0. The SMILES string of the molecule is C=CCCCC(=O)Oc1ccc(S(=O)(=O)O)cc1. The summed E-state index contributed by atoms with van der Waals surface area (Å²) >= 11 is 0. The average Bonchev–Trinajstić information content (AvgIpc) is 2.29. The van der Waals surface area contributed by atoms with Gasteiger partial charge in [-0.2, -0.15) is 8.42 Å². The quantitative estimate of drug-likeness (QED) is 0.282. The smallest absolute Gasteiger partial charge is 0.311 e. The van der Waals surface area contributed by atoms with Gasteiger partial charge in [-0.1, -0.05) is 6.08 Å². The van der Waals surface area contributed by atoms with E-state index in [2.05, 4.69) is 6.58 Å². The van der Waals surface area contributed by atoms with E-state index in [1.807, 2.05) is 0 Å². The fourth-order valence-corrected chi connectivity index (χ4v) is 1.73. The highest BCUT2D eigenvalue weighted by Gasteiger charge is 2.10. The number of benzene rings is 1. The van der Waals surface area contributed by atoms with Gasteiger partial charge in [-0.05, 0) is 37.1 Å². The Morgan fingerprint density at radius 1 is 1.33 bits per heavy atom. The van der Waals surface area contributed by atoms with E-state index < -0.39 is 16.1 Å². The van der Waals surface area contributed by atoms with E-state index in [1.54, 1.807) is 6.08 Å². The molecule has 6 heteroatoms. The number of carbonyl (C=O) groups excluding carboxylic acids is 1. The summed E-state index contributed by atoms with van der Waals surface area (Å²) in [6.45, 7) is 3.54. The highest BCUT2D eigenvalue weighted by Crippen LogP contribution is 2.16. The Balaban J connectivity index is 2.59. The number of esters is 1. The molecular formula is C12H14O5S. The molecule has 1 N–H and O–H groups in total. The Morgan fingerprint density at radius 3 is 2.44 bits per heavy atom. The molecule has 0 aliphatic heterocycles. The lowest BCUT2D eigenvalue weighted by Gasteiger charge is -2.04. The van der Waals surface area contributed by atoms with E-state index in [9.17, 15) is 13.2 Å². The fourth-order valence-electron chi connectivity index (χ4n) is 1.25. The van der Waals surface area contributed by atoms with Gasteiger partial charge in [0.15, 0.2) is 0 Å². The second-order valence-electron chi connectivity index (χ2n) is 3.60. The number of carbonyl (C=O) groups is 1. The summed E-state index contributed by atoms with van der Waals surface area (Å²) in [4.78, 5) is 11.1. The number of ether oxygens (including phenoxy) is 1. The molecule has 0 unspecified atom stereocenters. The van der Waals surface area contributed by atoms with Gasteiger partial charge >= 0.3 is 5.97 Å². The maximum absolute atomic E-state index is 11.3. The van der Waals surface area contributed by atoms with Gasteiger partial charge in [0.25, 0.3) is 10.1 Å². The van der Waals surface area contributed by atoms with Crippen molar-refractivity contribution in [2.24, 2.45) is 0 Å². The Labute approximate surface area is 106 Å². The van der Waals surface area contributed by atoms with Crippen LogP contribution in [0.25, 0.3) is 0 Å². The minimum Gasteiger partial charge on any atom is -0.427 e. The summed E-state index contributed by atoms with van der Waals surface area (Å²) in [7, 11) is -4.22. The van der Waals surface area contributed by atoms with Crippen LogP contribution in [0.2, 0.25) is 0 Å². The predicted molar refractivity (Wildman–Crippen MR) is 65.9 cm³/mol. The largest absolute Gasteiger partial charge is 0.427 e. The lowest BCUT2D eigenvalue weighted by Crippen LogP contribution is -2.07. The monoisotopic (exact) mass is 270 g/mol. The summed E-state index contributed by atoms with van der Waals surface area (Å²) in [6.07, 6.45) is 3.38. The highest BCUT2D eigenvalue weighted by atomic mass is 32.2. The van der Waals surface area contributed by atoms with E-state index in [4.69, 9.17) is 9.29 Å². The molecule has 0 atom stereocenters. The van der Waals surface area contributed by atoms with Gasteiger partial charge in [0, 0.05) is 6.42 Å². The summed E-state index contributed by atoms with van der Waals surface area (Å²) in [5, 5.41) is 0. The summed E-state index contributed by atoms with van der Waals surface area (Å²) in [6, 6.07) is 4.96. The molecule has 98 valence electrons. The molecule has 1 rings (SSSR count). The molecule has 1 aromatic carbocycles. The molecule has 0 fully saturated rings. The molecule has 0 spiro atoms. The topological polar surface area (TPSA) is 80.7 Å². The minimum atomic E-state index is -4.22. The first-order chi connectivity index (χ1) is 8.43. The lowest BCUT2D eigenvalue weighted by atomic mass is 10.2. The molecule has 0 bridgehead atoms. The second-order valence-corrected chi connectivity index (χ2v) is 5.02. The number of hydrogen-bond donors (Lipinski definition) is 1. The first kappa shape index (κ1) is 14.4.